The lowest BCUT2D eigenvalue weighted by molar-refractivity contribution is 0.122. The van der Waals surface area contributed by atoms with Crippen LogP contribution < -0.4 is 23.8 Å². The summed E-state index contributed by atoms with van der Waals surface area (Å²) in [5.74, 6) is 3.30. The van der Waals surface area contributed by atoms with E-state index >= 15 is 0 Å². The van der Waals surface area contributed by atoms with Gasteiger partial charge in [-0.25, -0.2) is 0 Å². The van der Waals surface area contributed by atoms with Crippen LogP contribution >= 0.6 is 0 Å². The van der Waals surface area contributed by atoms with Crippen molar-refractivity contribution in [3.05, 3.63) is 97.1 Å². The summed E-state index contributed by atoms with van der Waals surface area (Å²) in [5.41, 5.74) is 4.23. The SMILES string of the molecule is c1cc(-c2ccc(Oc3nc(Oc4ccc(-c5ccc(OCC6CO6)cc5)cc4)nc(N4CCOCC4)n3)cc2)ccc1OCC1CO1. The first-order chi connectivity index (χ1) is 23.7. The van der Waals surface area contributed by atoms with E-state index in [1.54, 1.807) is 0 Å². The first-order valence-electron chi connectivity index (χ1n) is 16.0. The number of aromatic nitrogens is 3. The Balaban J connectivity index is 0.953. The van der Waals surface area contributed by atoms with E-state index in [0.29, 0.717) is 57.0 Å². The van der Waals surface area contributed by atoms with Crippen LogP contribution in [0.2, 0.25) is 0 Å². The van der Waals surface area contributed by atoms with Crippen molar-refractivity contribution in [1.29, 1.82) is 0 Å². The molecule has 0 saturated carbocycles. The van der Waals surface area contributed by atoms with Gasteiger partial charge in [-0.2, -0.15) is 9.97 Å². The number of benzene rings is 4. The highest BCUT2D eigenvalue weighted by atomic mass is 16.6. The Morgan fingerprint density at radius 1 is 0.521 bits per heavy atom. The van der Waals surface area contributed by atoms with Crippen LogP contribution in [0.15, 0.2) is 97.1 Å². The molecule has 244 valence electrons. The van der Waals surface area contributed by atoms with Crippen LogP contribution in [0.25, 0.3) is 22.3 Å². The molecule has 0 bridgehead atoms. The minimum absolute atomic E-state index is 0.141. The Hall–Kier alpha value is -5.23. The largest absolute Gasteiger partial charge is 0.491 e. The molecular weight excluding hydrogens is 612 g/mol. The molecule has 0 N–H and O–H groups in total. The van der Waals surface area contributed by atoms with Gasteiger partial charge in [-0.3, -0.25) is 0 Å². The molecule has 2 atom stereocenters. The minimum atomic E-state index is 0.141. The van der Waals surface area contributed by atoms with E-state index in [2.05, 4.69) is 15.0 Å². The standard InChI is InChI=1S/C37H34N4O7/c1-9-29(43-21-33-23-45-33)10-2-25(1)27-5-13-31(14-6-27)47-36-38-35(41-17-19-42-20-18-41)39-37(40-36)48-32-15-7-28(8-16-32)26-3-11-30(12-4-26)44-22-34-24-46-34/h1-16,33-34H,17-24H2. The summed E-state index contributed by atoms with van der Waals surface area (Å²) in [4.78, 5) is 15.8. The molecule has 3 saturated heterocycles. The highest BCUT2D eigenvalue weighted by Gasteiger charge is 2.24. The number of ether oxygens (including phenoxy) is 7. The molecule has 0 radical (unpaired) electrons. The molecule has 8 rings (SSSR count). The van der Waals surface area contributed by atoms with E-state index in [0.717, 1.165) is 47.0 Å². The average Bonchev–Trinajstić information content (AvgIpc) is 4.08. The zero-order valence-corrected chi connectivity index (χ0v) is 26.2. The highest BCUT2D eigenvalue weighted by molar-refractivity contribution is 5.66. The maximum atomic E-state index is 6.13. The monoisotopic (exact) mass is 646 g/mol. The van der Waals surface area contributed by atoms with E-state index in [-0.39, 0.29) is 24.2 Å². The van der Waals surface area contributed by atoms with Gasteiger partial charge in [-0.1, -0.05) is 48.5 Å². The Kier molecular flexibility index (Phi) is 8.70. The first-order valence-corrected chi connectivity index (χ1v) is 16.0. The summed E-state index contributed by atoms with van der Waals surface area (Å²) in [6.07, 6.45) is 0.452. The van der Waals surface area contributed by atoms with Crippen LogP contribution in [-0.2, 0) is 14.2 Å². The van der Waals surface area contributed by atoms with Gasteiger partial charge in [0, 0.05) is 13.1 Å². The van der Waals surface area contributed by atoms with E-state index in [4.69, 9.17) is 33.2 Å². The van der Waals surface area contributed by atoms with Crippen LogP contribution in [0, 0.1) is 0 Å². The number of morpholine rings is 1. The van der Waals surface area contributed by atoms with Crippen LogP contribution in [-0.4, -0.2) is 79.9 Å². The highest BCUT2D eigenvalue weighted by Crippen LogP contribution is 2.30. The zero-order valence-electron chi connectivity index (χ0n) is 26.2. The van der Waals surface area contributed by atoms with Gasteiger partial charge < -0.3 is 38.1 Å². The molecular formula is C37H34N4O7. The molecule has 3 fully saturated rings. The van der Waals surface area contributed by atoms with Crippen LogP contribution in [0.4, 0.5) is 5.95 Å². The quantitative estimate of drug-likeness (QED) is 0.137. The maximum absolute atomic E-state index is 6.13. The van der Waals surface area contributed by atoms with E-state index in [9.17, 15) is 0 Å². The molecule has 0 amide bonds. The number of nitrogens with zero attached hydrogens (tertiary/aromatic N) is 4. The predicted octanol–water partition coefficient (Wildman–Crippen LogP) is 6.18. The Morgan fingerprint density at radius 3 is 1.27 bits per heavy atom. The molecule has 0 aliphatic carbocycles. The molecule has 11 nitrogen and oxygen atoms in total. The molecule has 1 aromatic heterocycles. The van der Waals surface area contributed by atoms with Gasteiger partial charge in [0.1, 0.15) is 48.4 Å². The van der Waals surface area contributed by atoms with Gasteiger partial charge in [-0.05, 0) is 70.8 Å². The van der Waals surface area contributed by atoms with Gasteiger partial charge >= 0.3 is 12.0 Å². The lowest BCUT2D eigenvalue weighted by atomic mass is 10.1. The van der Waals surface area contributed by atoms with Gasteiger partial charge in [0.25, 0.3) is 0 Å². The maximum Gasteiger partial charge on any atom is 0.330 e. The predicted molar refractivity (Wildman–Crippen MR) is 177 cm³/mol. The lowest BCUT2D eigenvalue weighted by Gasteiger charge is -2.26. The Labute approximate surface area is 278 Å². The summed E-state index contributed by atoms with van der Waals surface area (Å²) in [6, 6.07) is 31.8. The molecule has 3 aliphatic heterocycles. The van der Waals surface area contributed by atoms with Crippen molar-refractivity contribution in [2.24, 2.45) is 0 Å². The molecule has 48 heavy (non-hydrogen) atoms. The van der Waals surface area contributed by atoms with Crippen molar-refractivity contribution >= 4 is 5.95 Å². The third-order valence-electron chi connectivity index (χ3n) is 8.06. The second kappa shape index (κ2) is 13.9. The minimum Gasteiger partial charge on any atom is -0.491 e. The van der Waals surface area contributed by atoms with E-state index in [1.165, 1.54) is 0 Å². The first kappa shape index (κ1) is 30.1. The van der Waals surface area contributed by atoms with Gasteiger partial charge in [0.05, 0.1) is 26.4 Å². The molecule has 5 aromatic rings. The molecule has 3 aliphatic rings. The topological polar surface area (TPSA) is 113 Å². The van der Waals surface area contributed by atoms with E-state index < -0.39 is 0 Å². The number of hydrogen-bond acceptors (Lipinski definition) is 11. The molecule has 11 heteroatoms. The summed E-state index contributed by atoms with van der Waals surface area (Å²) >= 11 is 0. The van der Waals surface area contributed by atoms with Gasteiger partial charge in [-0.15, -0.1) is 4.98 Å². The normalized spacial score (nSPS) is 18.2. The van der Waals surface area contributed by atoms with Crippen molar-refractivity contribution in [3.63, 3.8) is 0 Å². The second-order valence-corrected chi connectivity index (χ2v) is 11.6. The van der Waals surface area contributed by atoms with Crippen LogP contribution in [0.1, 0.15) is 0 Å². The molecule has 0 spiro atoms. The summed E-state index contributed by atoms with van der Waals surface area (Å²) < 4.78 is 39.7. The van der Waals surface area contributed by atoms with Crippen molar-refractivity contribution in [3.8, 4) is 57.3 Å². The lowest BCUT2D eigenvalue weighted by Crippen LogP contribution is -2.37. The molecule has 4 aromatic carbocycles. The average molecular weight is 647 g/mol. The number of rotatable bonds is 13. The fraction of sp³-hybridized carbons (Fsp3) is 0.270. The third-order valence-corrected chi connectivity index (χ3v) is 8.06. The summed E-state index contributed by atoms with van der Waals surface area (Å²) in [7, 11) is 0. The second-order valence-electron chi connectivity index (χ2n) is 11.6. The summed E-state index contributed by atoms with van der Waals surface area (Å²) in [5, 5.41) is 0. The van der Waals surface area contributed by atoms with Crippen molar-refractivity contribution in [2.75, 3.05) is 57.6 Å². The molecule has 2 unspecified atom stereocenters. The van der Waals surface area contributed by atoms with Crippen LogP contribution in [0.3, 0.4) is 0 Å². The Morgan fingerprint density at radius 2 is 0.896 bits per heavy atom. The third kappa shape index (κ3) is 7.83. The molecule has 4 heterocycles. The number of epoxide rings is 2. The number of anilines is 1. The van der Waals surface area contributed by atoms with Crippen molar-refractivity contribution in [1.82, 2.24) is 15.0 Å². The van der Waals surface area contributed by atoms with Gasteiger partial charge in [0.2, 0.25) is 5.95 Å². The fourth-order valence-electron chi connectivity index (χ4n) is 5.16. The smallest absolute Gasteiger partial charge is 0.330 e. The zero-order chi connectivity index (χ0) is 32.1. The summed E-state index contributed by atoms with van der Waals surface area (Å²) in [6.45, 7) is 5.20. The van der Waals surface area contributed by atoms with Crippen molar-refractivity contribution in [2.45, 2.75) is 12.2 Å². The fourth-order valence-corrected chi connectivity index (χ4v) is 5.16. The van der Waals surface area contributed by atoms with Crippen LogP contribution in [0.5, 0.6) is 35.0 Å². The van der Waals surface area contributed by atoms with Gasteiger partial charge in [0.15, 0.2) is 0 Å². The van der Waals surface area contributed by atoms with E-state index in [1.807, 2.05) is 102 Å². The van der Waals surface area contributed by atoms with Crippen molar-refractivity contribution < 1.29 is 33.2 Å². The Bertz CT molecular complexity index is 1680. The number of hydrogen-bond donors (Lipinski definition) is 0.